The van der Waals surface area contributed by atoms with Crippen LogP contribution in [-0.4, -0.2) is 67.0 Å². The molecule has 4 rings (SSSR count). The van der Waals surface area contributed by atoms with Crippen LogP contribution in [0.2, 0.25) is 0 Å². The molecule has 0 radical (unpaired) electrons. The average molecular weight is 463 g/mol. The summed E-state index contributed by atoms with van der Waals surface area (Å²) < 4.78 is 43.0. The van der Waals surface area contributed by atoms with E-state index in [2.05, 4.69) is 9.55 Å². The molecule has 174 valence electrons. The van der Waals surface area contributed by atoms with Gasteiger partial charge in [0.15, 0.2) is 5.82 Å². The Morgan fingerprint density at radius 2 is 1.97 bits per heavy atom. The number of fused-ring (bicyclic) bond motifs is 3. The highest BCUT2D eigenvalue weighted by molar-refractivity contribution is 7.90. The van der Waals surface area contributed by atoms with Crippen LogP contribution in [0.15, 0.2) is 24.3 Å². The van der Waals surface area contributed by atoms with E-state index in [0.717, 1.165) is 22.2 Å². The van der Waals surface area contributed by atoms with Gasteiger partial charge in [-0.1, -0.05) is 18.2 Å². The van der Waals surface area contributed by atoms with Gasteiger partial charge in [-0.3, -0.25) is 0 Å². The molecule has 1 fully saturated rings. The fourth-order valence-electron chi connectivity index (χ4n) is 4.17. The van der Waals surface area contributed by atoms with Gasteiger partial charge in [-0.2, -0.15) is 0 Å². The van der Waals surface area contributed by atoms with E-state index in [-0.39, 0.29) is 12.4 Å². The van der Waals surface area contributed by atoms with Gasteiger partial charge in [0.25, 0.3) is 0 Å². The highest BCUT2D eigenvalue weighted by atomic mass is 32.2. The van der Waals surface area contributed by atoms with Crippen molar-refractivity contribution in [2.24, 2.45) is 0 Å². The normalized spacial score (nSPS) is 16.7. The summed E-state index contributed by atoms with van der Waals surface area (Å²) in [5.74, 6) is 1.09. The van der Waals surface area contributed by atoms with Crippen LogP contribution in [0.25, 0.3) is 21.9 Å². The SMILES string of the molecule is CCOCc1nc2c(N)nc3ccccc3c2n1CC1(OCCS(C)(=O)=O)CCOCC1. The maximum Gasteiger partial charge on any atom is 0.152 e. The molecule has 2 aromatic heterocycles. The van der Waals surface area contributed by atoms with E-state index in [0.29, 0.717) is 57.1 Å². The van der Waals surface area contributed by atoms with E-state index in [4.69, 9.17) is 24.9 Å². The number of rotatable bonds is 9. The first-order valence-electron chi connectivity index (χ1n) is 10.8. The Hall–Kier alpha value is -2.27. The van der Waals surface area contributed by atoms with Gasteiger partial charge in [0.1, 0.15) is 27.8 Å². The third-order valence-corrected chi connectivity index (χ3v) is 6.75. The first-order valence-corrected chi connectivity index (χ1v) is 12.9. The highest BCUT2D eigenvalue weighted by Crippen LogP contribution is 2.34. The molecule has 0 aliphatic carbocycles. The summed E-state index contributed by atoms with van der Waals surface area (Å²) in [4.78, 5) is 9.31. The second-order valence-electron chi connectivity index (χ2n) is 8.24. The van der Waals surface area contributed by atoms with Crippen molar-refractivity contribution in [3.63, 3.8) is 0 Å². The summed E-state index contributed by atoms with van der Waals surface area (Å²) in [6.45, 7) is 4.56. The third kappa shape index (κ3) is 4.88. The molecule has 1 aromatic carbocycles. The third-order valence-electron chi connectivity index (χ3n) is 5.84. The summed E-state index contributed by atoms with van der Waals surface area (Å²) in [5.41, 5.74) is 8.03. The molecule has 2 N–H and O–H groups in total. The van der Waals surface area contributed by atoms with Crippen LogP contribution < -0.4 is 5.73 Å². The number of benzene rings is 1. The molecule has 0 unspecified atom stereocenters. The van der Waals surface area contributed by atoms with Crippen LogP contribution in [0, 0.1) is 0 Å². The number of anilines is 1. The standard InChI is InChI=1S/C22H30N4O5S/c1-3-29-14-18-25-19-20(16-6-4-5-7-17(16)24-21(19)23)26(18)15-22(8-10-30-11-9-22)31-12-13-32(2,27)28/h4-7H,3,8-15H2,1-2H3,(H2,23,24). The largest absolute Gasteiger partial charge is 0.382 e. The predicted octanol–water partition coefficient (Wildman–Crippen LogP) is 2.31. The van der Waals surface area contributed by atoms with Gasteiger partial charge in [0.05, 0.1) is 35.5 Å². The molecule has 3 heterocycles. The van der Waals surface area contributed by atoms with E-state index in [1.807, 2.05) is 31.2 Å². The summed E-state index contributed by atoms with van der Waals surface area (Å²) in [5, 5.41) is 0.949. The molecule has 0 spiro atoms. The number of aromatic nitrogens is 3. The minimum Gasteiger partial charge on any atom is -0.382 e. The van der Waals surface area contributed by atoms with Gasteiger partial charge in [-0.15, -0.1) is 0 Å². The Labute approximate surface area is 187 Å². The summed E-state index contributed by atoms with van der Waals surface area (Å²) in [7, 11) is -3.12. The predicted molar refractivity (Wildman–Crippen MR) is 123 cm³/mol. The van der Waals surface area contributed by atoms with Gasteiger partial charge >= 0.3 is 0 Å². The molecule has 1 aliphatic rings. The molecule has 10 heteroatoms. The van der Waals surface area contributed by atoms with E-state index in [9.17, 15) is 8.42 Å². The second kappa shape index (κ2) is 9.30. The van der Waals surface area contributed by atoms with Gasteiger partial charge in [0.2, 0.25) is 0 Å². The van der Waals surface area contributed by atoms with E-state index < -0.39 is 15.4 Å². The average Bonchev–Trinajstić information content (AvgIpc) is 3.11. The smallest absolute Gasteiger partial charge is 0.152 e. The maximum absolute atomic E-state index is 11.7. The van der Waals surface area contributed by atoms with Crippen molar-refractivity contribution < 1.29 is 22.6 Å². The molecule has 0 amide bonds. The zero-order valence-corrected chi connectivity index (χ0v) is 19.4. The number of pyridine rings is 1. The number of sulfone groups is 1. The molecule has 0 bridgehead atoms. The van der Waals surface area contributed by atoms with Gasteiger partial charge in [-0.25, -0.2) is 18.4 Å². The summed E-state index contributed by atoms with van der Waals surface area (Å²) in [6, 6.07) is 7.83. The number of hydrogen-bond donors (Lipinski definition) is 1. The van der Waals surface area contributed by atoms with Crippen LogP contribution in [0.1, 0.15) is 25.6 Å². The lowest BCUT2D eigenvalue weighted by atomic mass is 9.93. The Morgan fingerprint density at radius 1 is 1.22 bits per heavy atom. The highest BCUT2D eigenvalue weighted by Gasteiger charge is 2.36. The number of imidazole rings is 1. The zero-order valence-electron chi connectivity index (χ0n) is 18.5. The van der Waals surface area contributed by atoms with E-state index >= 15 is 0 Å². The number of hydrogen-bond acceptors (Lipinski definition) is 8. The lowest BCUT2D eigenvalue weighted by molar-refractivity contribution is -0.115. The van der Waals surface area contributed by atoms with Crippen LogP contribution in [0.5, 0.6) is 0 Å². The number of ether oxygens (including phenoxy) is 3. The van der Waals surface area contributed by atoms with Crippen LogP contribution in [0.3, 0.4) is 0 Å². The Bertz CT molecular complexity index is 1200. The van der Waals surface area contributed by atoms with Crippen LogP contribution in [0.4, 0.5) is 5.82 Å². The van der Waals surface area contributed by atoms with Gasteiger partial charge < -0.3 is 24.5 Å². The van der Waals surface area contributed by atoms with Crippen molar-refractivity contribution in [3.8, 4) is 0 Å². The summed E-state index contributed by atoms with van der Waals surface area (Å²) >= 11 is 0. The lowest BCUT2D eigenvalue weighted by Crippen LogP contribution is -2.44. The molecular formula is C22H30N4O5S. The molecule has 9 nitrogen and oxygen atoms in total. The molecule has 1 saturated heterocycles. The monoisotopic (exact) mass is 462 g/mol. The molecular weight excluding hydrogens is 432 g/mol. The van der Waals surface area contributed by atoms with Gasteiger partial charge in [0, 0.05) is 44.3 Å². The maximum atomic E-state index is 11.7. The molecule has 32 heavy (non-hydrogen) atoms. The fraction of sp³-hybridized carbons (Fsp3) is 0.545. The van der Waals surface area contributed by atoms with Crippen molar-refractivity contribution in [1.29, 1.82) is 0 Å². The molecule has 1 aliphatic heterocycles. The van der Waals surface area contributed by atoms with E-state index in [1.165, 1.54) is 6.26 Å². The van der Waals surface area contributed by atoms with Crippen LogP contribution in [-0.2, 0) is 37.2 Å². The van der Waals surface area contributed by atoms with Gasteiger partial charge in [-0.05, 0) is 13.0 Å². The molecule has 0 saturated carbocycles. The Balaban J connectivity index is 1.81. The van der Waals surface area contributed by atoms with E-state index in [1.54, 1.807) is 0 Å². The zero-order chi connectivity index (χ0) is 22.8. The van der Waals surface area contributed by atoms with Crippen molar-refractivity contribution in [3.05, 3.63) is 30.1 Å². The number of nitrogens with zero attached hydrogens (tertiary/aromatic N) is 3. The second-order valence-corrected chi connectivity index (χ2v) is 10.5. The minimum absolute atomic E-state index is 0.0219. The fourth-order valence-corrected chi connectivity index (χ4v) is 4.55. The van der Waals surface area contributed by atoms with Crippen molar-refractivity contribution in [2.75, 3.05) is 44.2 Å². The Morgan fingerprint density at radius 3 is 2.69 bits per heavy atom. The Kier molecular flexibility index (Phi) is 6.66. The molecule has 3 aromatic rings. The first kappa shape index (κ1) is 22.9. The quantitative estimate of drug-likeness (QED) is 0.515. The molecule has 0 atom stereocenters. The lowest BCUT2D eigenvalue weighted by Gasteiger charge is -2.38. The minimum atomic E-state index is -3.12. The number of nitrogens with two attached hydrogens (primary N) is 1. The van der Waals surface area contributed by atoms with Crippen LogP contribution >= 0.6 is 0 Å². The van der Waals surface area contributed by atoms with Crippen molar-refractivity contribution in [2.45, 2.75) is 38.5 Å². The number of nitrogen functional groups attached to an aromatic ring is 1. The number of para-hydroxylation sites is 1. The van der Waals surface area contributed by atoms with Crippen molar-refractivity contribution in [1.82, 2.24) is 14.5 Å². The van der Waals surface area contributed by atoms with Crippen molar-refractivity contribution >= 4 is 37.6 Å². The first-order chi connectivity index (χ1) is 15.3. The topological polar surface area (TPSA) is 119 Å². The summed E-state index contributed by atoms with van der Waals surface area (Å²) in [6.07, 6.45) is 2.53.